The van der Waals surface area contributed by atoms with Crippen molar-refractivity contribution < 1.29 is 0 Å². The van der Waals surface area contributed by atoms with Crippen molar-refractivity contribution in [1.82, 2.24) is 4.98 Å². The summed E-state index contributed by atoms with van der Waals surface area (Å²) in [5.41, 5.74) is 3.95. The van der Waals surface area contributed by atoms with Gasteiger partial charge in [0.1, 0.15) is 5.82 Å². The fourth-order valence-electron chi connectivity index (χ4n) is 2.41. The summed E-state index contributed by atoms with van der Waals surface area (Å²) in [5, 5.41) is 0. The van der Waals surface area contributed by atoms with Gasteiger partial charge in [-0.3, -0.25) is 0 Å². The van der Waals surface area contributed by atoms with Gasteiger partial charge in [-0.1, -0.05) is 22.0 Å². The monoisotopic (exact) mass is 288 g/mol. The van der Waals surface area contributed by atoms with E-state index >= 15 is 0 Å². The second kappa shape index (κ2) is 4.15. The van der Waals surface area contributed by atoms with E-state index < -0.39 is 0 Å². The van der Waals surface area contributed by atoms with E-state index in [2.05, 4.69) is 57.0 Å². The second-order valence-corrected chi connectivity index (χ2v) is 5.10. The lowest BCUT2D eigenvalue weighted by Gasteiger charge is -2.31. The molecule has 0 amide bonds. The highest BCUT2D eigenvalue weighted by Crippen LogP contribution is 2.37. The van der Waals surface area contributed by atoms with Crippen LogP contribution in [0.4, 0.5) is 11.5 Å². The molecule has 0 radical (unpaired) electrons. The summed E-state index contributed by atoms with van der Waals surface area (Å²) in [5.74, 6) is 1.10. The molecule has 0 saturated carbocycles. The third-order valence-corrected chi connectivity index (χ3v) is 3.65. The molecule has 0 fully saturated rings. The molecule has 1 aromatic heterocycles. The van der Waals surface area contributed by atoms with Gasteiger partial charge >= 0.3 is 0 Å². The Kier molecular flexibility index (Phi) is 2.63. The topological polar surface area (TPSA) is 16.1 Å². The highest BCUT2D eigenvalue weighted by Gasteiger charge is 2.22. The van der Waals surface area contributed by atoms with Crippen LogP contribution >= 0.6 is 15.9 Å². The maximum atomic E-state index is 4.51. The number of hydrogen-bond acceptors (Lipinski definition) is 2. The van der Waals surface area contributed by atoms with Crippen molar-refractivity contribution in [2.45, 2.75) is 13.3 Å². The molecule has 86 valence electrons. The number of benzene rings is 1. The molecule has 1 aliphatic heterocycles. The third-order valence-electron chi connectivity index (χ3n) is 3.15. The van der Waals surface area contributed by atoms with Gasteiger partial charge in [0, 0.05) is 29.3 Å². The first kappa shape index (κ1) is 10.8. The van der Waals surface area contributed by atoms with Gasteiger partial charge in [0.25, 0.3) is 0 Å². The number of pyridine rings is 1. The van der Waals surface area contributed by atoms with E-state index in [4.69, 9.17) is 0 Å². The average Bonchev–Trinajstić information content (AvgIpc) is 2.35. The number of hydrogen-bond donors (Lipinski definition) is 0. The van der Waals surface area contributed by atoms with Crippen LogP contribution in [0.5, 0.6) is 0 Å². The van der Waals surface area contributed by atoms with Gasteiger partial charge in [-0.15, -0.1) is 0 Å². The fourth-order valence-corrected chi connectivity index (χ4v) is 2.82. The van der Waals surface area contributed by atoms with Crippen molar-refractivity contribution in [2.24, 2.45) is 0 Å². The Morgan fingerprint density at radius 3 is 3.00 bits per heavy atom. The molecule has 2 aromatic rings. The lowest BCUT2D eigenvalue weighted by molar-refractivity contribution is 0.927. The number of fused-ring (bicyclic) bond motifs is 2. The minimum atomic E-state index is 0.943. The van der Waals surface area contributed by atoms with Crippen LogP contribution in [0.1, 0.15) is 18.1 Å². The van der Waals surface area contributed by atoms with Gasteiger partial charge < -0.3 is 4.90 Å². The minimum Gasteiger partial charge on any atom is -0.326 e. The van der Waals surface area contributed by atoms with Crippen LogP contribution in [0.15, 0.2) is 41.0 Å². The highest BCUT2D eigenvalue weighted by molar-refractivity contribution is 9.10. The number of nitrogens with zero attached hydrogens (tertiary/aromatic N) is 2. The van der Waals surface area contributed by atoms with Crippen molar-refractivity contribution in [2.75, 3.05) is 11.4 Å². The Hall–Kier alpha value is -1.35. The average molecular weight is 289 g/mol. The Labute approximate surface area is 109 Å². The molecule has 1 aromatic carbocycles. The number of rotatable bonds is 1. The van der Waals surface area contributed by atoms with Crippen molar-refractivity contribution in [1.29, 1.82) is 0 Å². The first-order valence-electron chi connectivity index (χ1n) is 5.79. The maximum Gasteiger partial charge on any atom is 0.136 e. The van der Waals surface area contributed by atoms with Crippen LogP contribution in [0.3, 0.4) is 0 Å². The maximum absolute atomic E-state index is 4.51. The zero-order valence-corrected chi connectivity index (χ0v) is 11.2. The SMILES string of the molecule is CCN1c2ccc(Br)cc2Cc2cccnc21. The summed E-state index contributed by atoms with van der Waals surface area (Å²) < 4.78 is 1.14. The van der Waals surface area contributed by atoms with Crippen LogP contribution in [-0.2, 0) is 6.42 Å². The van der Waals surface area contributed by atoms with E-state index in [1.807, 2.05) is 12.3 Å². The van der Waals surface area contributed by atoms with Gasteiger partial charge in [-0.2, -0.15) is 0 Å². The molecule has 2 nitrogen and oxygen atoms in total. The highest BCUT2D eigenvalue weighted by atomic mass is 79.9. The Morgan fingerprint density at radius 2 is 2.18 bits per heavy atom. The Morgan fingerprint density at radius 1 is 1.29 bits per heavy atom. The molecule has 0 aliphatic carbocycles. The molecule has 0 unspecified atom stereocenters. The van der Waals surface area contributed by atoms with Crippen molar-refractivity contribution >= 4 is 27.4 Å². The fraction of sp³-hybridized carbons (Fsp3) is 0.214. The zero-order valence-electron chi connectivity index (χ0n) is 9.65. The molecule has 1 aliphatic rings. The number of aromatic nitrogens is 1. The zero-order chi connectivity index (χ0) is 11.8. The van der Waals surface area contributed by atoms with Gasteiger partial charge in [-0.25, -0.2) is 4.98 Å². The van der Waals surface area contributed by atoms with E-state index in [0.717, 1.165) is 23.3 Å². The molecule has 2 heterocycles. The molecule has 0 saturated heterocycles. The molecule has 0 bridgehead atoms. The van der Waals surface area contributed by atoms with Gasteiger partial charge in [0.2, 0.25) is 0 Å². The summed E-state index contributed by atoms with van der Waals surface area (Å²) in [6.45, 7) is 3.11. The second-order valence-electron chi connectivity index (χ2n) is 4.18. The molecular weight excluding hydrogens is 276 g/mol. The van der Waals surface area contributed by atoms with E-state index in [9.17, 15) is 0 Å². The molecule has 3 heteroatoms. The third kappa shape index (κ3) is 1.75. The summed E-state index contributed by atoms with van der Waals surface area (Å²) >= 11 is 3.54. The van der Waals surface area contributed by atoms with Gasteiger partial charge in [0.15, 0.2) is 0 Å². The molecule has 0 atom stereocenters. The minimum absolute atomic E-state index is 0.943. The smallest absolute Gasteiger partial charge is 0.136 e. The van der Waals surface area contributed by atoms with E-state index in [-0.39, 0.29) is 0 Å². The van der Waals surface area contributed by atoms with Crippen LogP contribution in [0.2, 0.25) is 0 Å². The summed E-state index contributed by atoms with van der Waals surface area (Å²) in [6.07, 6.45) is 2.83. The van der Waals surface area contributed by atoms with Crippen LogP contribution in [0, 0.1) is 0 Å². The summed E-state index contributed by atoms with van der Waals surface area (Å²) in [7, 11) is 0. The Balaban J connectivity index is 2.18. The van der Waals surface area contributed by atoms with Gasteiger partial charge in [-0.05, 0) is 42.3 Å². The lowest BCUT2D eigenvalue weighted by Crippen LogP contribution is -2.24. The van der Waals surface area contributed by atoms with E-state index in [0.29, 0.717) is 0 Å². The van der Waals surface area contributed by atoms with Crippen LogP contribution in [0.25, 0.3) is 0 Å². The van der Waals surface area contributed by atoms with Crippen molar-refractivity contribution in [3.8, 4) is 0 Å². The predicted octanol–water partition coefficient (Wildman–Crippen LogP) is 3.91. The van der Waals surface area contributed by atoms with Crippen molar-refractivity contribution in [3.05, 3.63) is 52.1 Å². The molecule has 0 spiro atoms. The van der Waals surface area contributed by atoms with E-state index in [1.165, 1.54) is 16.8 Å². The van der Waals surface area contributed by atoms with Crippen LogP contribution in [-0.4, -0.2) is 11.5 Å². The summed E-state index contributed by atoms with van der Waals surface area (Å²) in [6, 6.07) is 10.6. The molecule has 0 N–H and O–H groups in total. The summed E-state index contributed by atoms with van der Waals surface area (Å²) in [4.78, 5) is 6.79. The largest absolute Gasteiger partial charge is 0.326 e. The predicted molar refractivity (Wildman–Crippen MR) is 73.9 cm³/mol. The van der Waals surface area contributed by atoms with Crippen LogP contribution < -0.4 is 4.90 Å². The number of anilines is 2. The first-order valence-corrected chi connectivity index (χ1v) is 6.58. The standard InChI is InChI=1S/C14H13BrN2/c1-2-17-13-6-5-12(15)9-11(13)8-10-4-3-7-16-14(10)17/h3-7,9H,2,8H2,1H3. The first-order chi connectivity index (χ1) is 8.29. The van der Waals surface area contributed by atoms with Gasteiger partial charge in [0.05, 0.1) is 0 Å². The lowest BCUT2D eigenvalue weighted by atomic mass is 9.98. The van der Waals surface area contributed by atoms with E-state index in [1.54, 1.807) is 0 Å². The Bertz CT molecular complexity index is 566. The molecule has 17 heavy (non-hydrogen) atoms. The normalized spacial score (nSPS) is 13.2. The quantitative estimate of drug-likeness (QED) is 0.791. The number of halogens is 1. The van der Waals surface area contributed by atoms with Crippen molar-refractivity contribution in [3.63, 3.8) is 0 Å². The molecular formula is C14H13BrN2. The molecule has 3 rings (SSSR count).